The maximum atomic E-state index is 4.05. The van der Waals surface area contributed by atoms with E-state index in [2.05, 4.69) is 192 Å². The molecule has 0 fully saturated rings. The van der Waals surface area contributed by atoms with Gasteiger partial charge in [-0.25, -0.2) is 0 Å². The van der Waals surface area contributed by atoms with Gasteiger partial charge in [0.1, 0.15) is 0 Å². The molecule has 6 aromatic carbocycles. The summed E-state index contributed by atoms with van der Waals surface area (Å²) >= 11 is 3.58. The van der Waals surface area contributed by atoms with Crippen LogP contribution in [0.25, 0.3) is 60.9 Å². The smallest absolute Gasteiger partial charge is 0.0547 e. The Morgan fingerprint density at radius 1 is 0.556 bits per heavy atom. The minimum atomic E-state index is 1.07. The van der Waals surface area contributed by atoms with Crippen LogP contribution in [-0.4, -0.2) is 4.57 Å². The highest BCUT2D eigenvalue weighted by atomic mass is 79.9. The van der Waals surface area contributed by atoms with Gasteiger partial charge < -0.3 is 4.57 Å². The normalized spacial score (nSPS) is 12.1. The molecule has 0 aliphatic rings. The number of para-hydroxylation sites is 1. The van der Waals surface area contributed by atoms with Crippen LogP contribution >= 0.6 is 15.9 Å². The molecule has 1 aromatic heterocycles. The van der Waals surface area contributed by atoms with Crippen molar-refractivity contribution in [1.82, 2.24) is 4.57 Å². The fraction of sp³-hybridized carbons (Fsp3) is 0.0233. The average Bonchev–Trinajstić information content (AvgIpc) is 3.43. The van der Waals surface area contributed by atoms with Gasteiger partial charge in [0, 0.05) is 20.9 Å². The summed E-state index contributed by atoms with van der Waals surface area (Å²) in [5.74, 6) is 0. The number of halogens is 1. The van der Waals surface area contributed by atoms with Crippen LogP contribution in [0, 0.1) is 0 Å². The first kappa shape index (κ1) is 28.6. The summed E-state index contributed by atoms with van der Waals surface area (Å²) in [5, 5.41) is 2.48. The van der Waals surface area contributed by atoms with E-state index >= 15 is 0 Å². The molecule has 7 aromatic rings. The van der Waals surface area contributed by atoms with Crippen molar-refractivity contribution in [3.63, 3.8) is 0 Å². The van der Waals surface area contributed by atoms with Crippen LogP contribution in [0.15, 0.2) is 175 Å². The predicted octanol–water partition coefficient (Wildman–Crippen LogP) is 12.6. The number of hydrogen-bond acceptors (Lipinski definition) is 0. The topological polar surface area (TPSA) is 4.93 Å². The molecule has 0 spiro atoms. The van der Waals surface area contributed by atoms with Crippen molar-refractivity contribution in [2.75, 3.05) is 0 Å². The molecule has 0 unspecified atom stereocenters. The molecule has 1 heterocycles. The lowest BCUT2D eigenvalue weighted by molar-refractivity contribution is 1.18. The van der Waals surface area contributed by atoms with Gasteiger partial charge in [-0.15, -0.1) is 0 Å². The number of nitrogens with zero attached hydrogens (tertiary/aromatic N) is 1. The minimum Gasteiger partial charge on any atom is -0.309 e. The van der Waals surface area contributed by atoms with E-state index in [-0.39, 0.29) is 0 Å². The molecule has 216 valence electrons. The third-order valence-electron chi connectivity index (χ3n) is 8.43. The van der Waals surface area contributed by atoms with Crippen LogP contribution in [0.2, 0.25) is 0 Å². The van der Waals surface area contributed by atoms with Gasteiger partial charge in [-0.1, -0.05) is 144 Å². The molecule has 0 bridgehead atoms. The van der Waals surface area contributed by atoms with Gasteiger partial charge in [-0.05, 0) is 93.9 Å². The largest absolute Gasteiger partial charge is 0.309 e. The van der Waals surface area contributed by atoms with E-state index in [1.54, 1.807) is 0 Å². The van der Waals surface area contributed by atoms with E-state index < -0.39 is 0 Å². The van der Waals surface area contributed by atoms with Gasteiger partial charge in [-0.3, -0.25) is 0 Å². The Morgan fingerprint density at radius 3 is 1.89 bits per heavy atom. The molecule has 0 amide bonds. The van der Waals surface area contributed by atoms with Gasteiger partial charge in [-0.2, -0.15) is 0 Å². The van der Waals surface area contributed by atoms with Gasteiger partial charge in [0.05, 0.1) is 11.0 Å². The maximum absolute atomic E-state index is 4.05. The molecule has 7 rings (SSSR count). The molecule has 0 aliphatic carbocycles. The SMILES string of the molecule is C=C/C=C(\C(=C/C)c1ccc(Br)cc1)c1ccc2c3ccccc3n(-c3ccc(-c4cccc(-c5ccccc5)c4)cc3)c2c1. The first-order valence-corrected chi connectivity index (χ1v) is 16.0. The highest BCUT2D eigenvalue weighted by Crippen LogP contribution is 2.38. The second-order valence-corrected chi connectivity index (χ2v) is 12.0. The predicted molar refractivity (Wildman–Crippen MR) is 198 cm³/mol. The van der Waals surface area contributed by atoms with Crippen molar-refractivity contribution in [3.05, 3.63) is 186 Å². The molecule has 0 saturated heterocycles. The number of rotatable bonds is 7. The van der Waals surface area contributed by atoms with E-state index in [0.717, 1.165) is 21.3 Å². The molecule has 0 N–H and O–H groups in total. The van der Waals surface area contributed by atoms with Crippen LogP contribution in [0.5, 0.6) is 0 Å². The van der Waals surface area contributed by atoms with E-state index in [4.69, 9.17) is 0 Å². The summed E-state index contributed by atoms with van der Waals surface area (Å²) in [5.41, 5.74) is 13.0. The van der Waals surface area contributed by atoms with E-state index in [1.165, 1.54) is 55.2 Å². The van der Waals surface area contributed by atoms with Crippen molar-refractivity contribution in [1.29, 1.82) is 0 Å². The lowest BCUT2D eigenvalue weighted by atomic mass is 9.91. The minimum absolute atomic E-state index is 1.07. The summed E-state index contributed by atoms with van der Waals surface area (Å²) in [6.45, 7) is 6.15. The average molecular weight is 643 g/mol. The molecule has 45 heavy (non-hydrogen) atoms. The zero-order chi connectivity index (χ0) is 30.8. The highest BCUT2D eigenvalue weighted by molar-refractivity contribution is 9.10. The molecule has 1 nitrogen and oxygen atoms in total. The monoisotopic (exact) mass is 641 g/mol. The first-order chi connectivity index (χ1) is 22.1. The fourth-order valence-corrected chi connectivity index (χ4v) is 6.56. The van der Waals surface area contributed by atoms with Gasteiger partial charge in [0.15, 0.2) is 0 Å². The molecular weight excluding hydrogens is 610 g/mol. The summed E-state index contributed by atoms with van der Waals surface area (Å²) < 4.78 is 3.45. The number of benzene rings is 6. The Balaban J connectivity index is 1.34. The Labute approximate surface area is 273 Å². The van der Waals surface area contributed by atoms with Crippen LogP contribution in [-0.2, 0) is 0 Å². The summed E-state index contributed by atoms with van der Waals surface area (Å²) in [6, 6.07) is 52.3. The Hall–Kier alpha value is -5.18. The quantitative estimate of drug-likeness (QED) is 0.153. The van der Waals surface area contributed by atoms with E-state index in [1.807, 2.05) is 6.08 Å². The van der Waals surface area contributed by atoms with Crippen LogP contribution in [0.3, 0.4) is 0 Å². The zero-order valence-electron chi connectivity index (χ0n) is 25.1. The lowest BCUT2D eigenvalue weighted by Crippen LogP contribution is -1.95. The number of hydrogen-bond donors (Lipinski definition) is 0. The molecule has 0 saturated carbocycles. The Kier molecular flexibility index (Phi) is 7.90. The number of fused-ring (bicyclic) bond motifs is 3. The molecule has 2 heteroatoms. The van der Waals surface area contributed by atoms with Crippen LogP contribution < -0.4 is 0 Å². The molecule has 0 aliphatic heterocycles. The second kappa shape index (κ2) is 12.4. The Bertz CT molecular complexity index is 2210. The number of aromatic nitrogens is 1. The van der Waals surface area contributed by atoms with Crippen LogP contribution in [0.4, 0.5) is 0 Å². The van der Waals surface area contributed by atoms with Crippen molar-refractivity contribution < 1.29 is 0 Å². The molecular formula is C43H32BrN. The fourth-order valence-electron chi connectivity index (χ4n) is 6.29. The summed E-state index contributed by atoms with van der Waals surface area (Å²) in [7, 11) is 0. The standard InChI is InChI=1S/C43H32BrN/c1-3-11-39(38(4-2)32-18-23-36(44)24-19-32)35-22-27-41-40-16-8-9-17-42(40)45(43(41)29-35)37-25-20-31(21-26-37)34-15-10-14-33(28-34)30-12-6-5-7-13-30/h3-29H,1H2,2H3/b38-4-,39-11-. The van der Waals surface area contributed by atoms with Gasteiger partial charge >= 0.3 is 0 Å². The highest BCUT2D eigenvalue weighted by Gasteiger charge is 2.16. The maximum Gasteiger partial charge on any atom is 0.0547 e. The van der Waals surface area contributed by atoms with Crippen molar-refractivity contribution in [2.24, 2.45) is 0 Å². The third-order valence-corrected chi connectivity index (χ3v) is 8.96. The summed E-state index contributed by atoms with van der Waals surface area (Å²) in [6.07, 6.45) is 6.18. The first-order valence-electron chi connectivity index (χ1n) is 15.2. The van der Waals surface area contributed by atoms with Crippen molar-refractivity contribution in [2.45, 2.75) is 6.92 Å². The van der Waals surface area contributed by atoms with Gasteiger partial charge in [0.25, 0.3) is 0 Å². The zero-order valence-corrected chi connectivity index (χ0v) is 26.7. The second-order valence-electron chi connectivity index (χ2n) is 11.1. The summed E-state index contributed by atoms with van der Waals surface area (Å²) in [4.78, 5) is 0. The van der Waals surface area contributed by atoms with E-state index in [9.17, 15) is 0 Å². The van der Waals surface area contributed by atoms with Gasteiger partial charge in [0.2, 0.25) is 0 Å². The van der Waals surface area contributed by atoms with Crippen molar-refractivity contribution >= 4 is 48.9 Å². The lowest BCUT2D eigenvalue weighted by Gasteiger charge is -2.15. The number of allylic oxidation sites excluding steroid dienone is 5. The van der Waals surface area contributed by atoms with Crippen LogP contribution in [0.1, 0.15) is 18.1 Å². The Morgan fingerprint density at radius 2 is 1.18 bits per heavy atom. The third kappa shape index (κ3) is 5.50. The van der Waals surface area contributed by atoms with Crippen molar-refractivity contribution in [3.8, 4) is 27.9 Å². The molecule has 0 radical (unpaired) electrons. The molecule has 0 atom stereocenters. The van der Waals surface area contributed by atoms with E-state index in [0.29, 0.717) is 0 Å².